The molecule has 0 amide bonds. The Balaban J connectivity index is 0.969. The first kappa shape index (κ1) is 34.5. The SMILES string of the molecule is c1ccc(N(c2ccc(-c3ccc4oc5ccccc5c4c3)cc2)c2ccc(-c3cccc4c3oc3ccccc34)cc2)c(-c2cccc3c2oc2c4ccccc4ccc32)c1. The van der Waals surface area contributed by atoms with Crippen molar-refractivity contribution in [2.45, 2.75) is 0 Å². The van der Waals surface area contributed by atoms with E-state index in [1.54, 1.807) is 0 Å². The molecule has 0 N–H and O–H groups in total. The second-order valence-corrected chi connectivity index (χ2v) is 16.0. The standard InChI is InChI=1S/C58H35NO3/c1-2-12-42-37(11-1)27-33-50-49-19-10-17-47(58(49)62-57(42)50)44-13-3-6-20-52(44)59(40-29-23-36(24-30-40)39-28-34-55-51(35-39)46-15-5-7-21-53(46)60-55)41-31-25-38(26-32-41)43-16-9-18-48-45-14-4-8-22-54(45)61-56(43)48/h1-35H. The molecular weight excluding hydrogens is 759 g/mol. The maximum absolute atomic E-state index is 6.90. The number of benzene rings is 10. The number of hydrogen-bond acceptors (Lipinski definition) is 4. The summed E-state index contributed by atoms with van der Waals surface area (Å²) in [5.41, 5.74) is 15.0. The predicted octanol–water partition coefficient (Wildman–Crippen LogP) is 17.0. The van der Waals surface area contributed by atoms with Crippen LogP contribution in [0.1, 0.15) is 0 Å². The third kappa shape index (κ3) is 5.33. The van der Waals surface area contributed by atoms with Crippen LogP contribution in [0.4, 0.5) is 17.1 Å². The molecule has 13 rings (SSSR count). The normalized spacial score (nSPS) is 11.9. The van der Waals surface area contributed by atoms with Crippen molar-refractivity contribution in [1.29, 1.82) is 0 Å². The summed E-state index contributed by atoms with van der Waals surface area (Å²) >= 11 is 0. The third-order valence-electron chi connectivity index (χ3n) is 12.5. The van der Waals surface area contributed by atoms with E-state index in [1.165, 1.54) is 0 Å². The molecule has 3 aromatic heterocycles. The molecule has 4 heteroatoms. The highest BCUT2D eigenvalue weighted by atomic mass is 16.3. The van der Waals surface area contributed by atoms with Gasteiger partial charge in [0.1, 0.15) is 33.5 Å². The van der Waals surface area contributed by atoms with E-state index >= 15 is 0 Å². The maximum atomic E-state index is 6.90. The van der Waals surface area contributed by atoms with E-state index in [1.807, 2.05) is 24.3 Å². The Morgan fingerprint density at radius 2 is 0.806 bits per heavy atom. The highest BCUT2D eigenvalue weighted by Crippen LogP contribution is 2.46. The quantitative estimate of drug-likeness (QED) is 0.168. The number of nitrogens with zero attached hydrogens (tertiary/aromatic N) is 1. The van der Waals surface area contributed by atoms with Gasteiger partial charge in [0.15, 0.2) is 0 Å². The van der Waals surface area contributed by atoms with Gasteiger partial charge in [0, 0.05) is 65.8 Å². The second-order valence-electron chi connectivity index (χ2n) is 16.0. The van der Waals surface area contributed by atoms with Gasteiger partial charge in [-0.3, -0.25) is 0 Å². The van der Waals surface area contributed by atoms with Gasteiger partial charge in [-0.2, -0.15) is 0 Å². The van der Waals surface area contributed by atoms with Crippen LogP contribution < -0.4 is 4.90 Å². The van der Waals surface area contributed by atoms with Crippen molar-refractivity contribution in [2.75, 3.05) is 4.90 Å². The van der Waals surface area contributed by atoms with Gasteiger partial charge in [-0.15, -0.1) is 0 Å². The van der Waals surface area contributed by atoms with E-state index in [2.05, 4.69) is 193 Å². The summed E-state index contributed by atoms with van der Waals surface area (Å²) < 4.78 is 19.5. The molecule has 13 aromatic rings. The number of furan rings is 3. The molecule has 4 nitrogen and oxygen atoms in total. The number of hydrogen-bond donors (Lipinski definition) is 0. The Hall–Kier alpha value is -8.34. The first-order valence-corrected chi connectivity index (χ1v) is 21.0. The van der Waals surface area contributed by atoms with Gasteiger partial charge in [-0.1, -0.05) is 152 Å². The van der Waals surface area contributed by atoms with E-state index in [9.17, 15) is 0 Å². The molecule has 0 bridgehead atoms. The van der Waals surface area contributed by atoms with Crippen LogP contribution in [0.15, 0.2) is 226 Å². The summed E-state index contributed by atoms with van der Waals surface area (Å²) in [6.45, 7) is 0. The van der Waals surface area contributed by atoms with Crippen molar-refractivity contribution >= 4 is 93.7 Å². The Labute approximate surface area is 356 Å². The summed E-state index contributed by atoms with van der Waals surface area (Å²) in [6, 6.07) is 75.0. The number of fused-ring (bicyclic) bond motifs is 11. The highest BCUT2D eigenvalue weighted by molar-refractivity contribution is 6.18. The van der Waals surface area contributed by atoms with Gasteiger partial charge in [-0.05, 0) is 82.7 Å². The van der Waals surface area contributed by atoms with Crippen molar-refractivity contribution in [2.24, 2.45) is 0 Å². The van der Waals surface area contributed by atoms with Gasteiger partial charge in [0.05, 0.1) is 5.69 Å². The highest BCUT2D eigenvalue weighted by Gasteiger charge is 2.22. The van der Waals surface area contributed by atoms with Crippen LogP contribution in [-0.2, 0) is 0 Å². The molecule has 0 saturated heterocycles. The molecule has 0 aliphatic carbocycles. The summed E-state index contributed by atoms with van der Waals surface area (Å²) in [6.07, 6.45) is 0. The van der Waals surface area contributed by atoms with E-state index in [4.69, 9.17) is 13.3 Å². The minimum Gasteiger partial charge on any atom is -0.456 e. The zero-order valence-electron chi connectivity index (χ0n) is 33.4. The van der Waals surface area contributed by atoms with E-state index in [0.29, 0.717) is 0 Å². The van der Waals surface area contributed by atoms with Crippen LogP contribution in [0.3, 0.4) is 0 Å². The van der Waals surface area contributed by atoms with Crippen molar-refractivity contribution in [3.05, 3.63) is 212 Å². The Kier molecular flexibility index (Phi) is 7.57. The molecule has 0 aliphatic rings. The lowest BCUT2D eigenvalue weighted by Crippen LogP contribution is -2.11. The summed E-state index contributed by atoms with van der Waals surface area (Å²) in [5.74, 6) is 0. The summed E-state index contributed by atoms with van der Waals surface area (Å²) in [7, 11) is 0. The minimum absolute atomic E-state index is 0.873. The molecule has 0 radical (unpaired) electrons. The predicted molar refractivity (Wildman–Crippen MR) is 257 cm³/mol. The van der Waals surface area contributed by atoms with Crippen molar-refractivity contribution in [3.8, 4) is 33.4 Å². The third-order valence-corrected chi connectivity index (χ3v) is 12.5. The first-order valence-electron chi connectivity index (χ1n) is 21.0. The zero-order chi connectivity index (χ0) is 40.7. The number of para-hydroxylation sites is 5. The van der Waals surface area contributed by atoms with Crippen LogP contribution in [0.5, 0.6) is 0 Å². The zero-order valence-corrected chi connectivity index (χ0v) is 33.4. The van der Waals surface area contributed by atoms with Gasteiger partial charge in [0.25, 0.3) is 0 Å². The number of anilines is 3. The molecule has 10 aromatic carbocycles. The smallest absolute Gasteiger partial charge is 0.143 e. The average molecular weight is 794 g/mol. The molecule has 0 unspecified atom stereocenters. The molecule has 0 aliphatic heterocycles. The van der Waals surface area contributed by atoms with E-state index in [0.717, 1.165) is 127 Å². The van der Waals surface area contributed by atoms with Crippen LogP contribution in [0.25, 0.3) is 110 Å². The molecule has 0 atom stereocenters. The largest absolute Gasteiger partial charge is 0.456 e. The van der Waals surface area contributed by atoms with Crippen LogP contribution in [0.2, 0.25) is 0 Å². The Morgan fingerprint density at radius 3 is 1.60 bits per heavy atom. The fourth-order valence-electron chi connectivity index (χ4n) is 9.54. The average Bonchev–Trinajstić information content (AvgIpc) is 4.04. The molecule has 0 fully saturated rings. The molecule has 290 valence electrons. The monoisotopic (exact) mass is 793 g/mol. The Bertz CT molecular complexity index is 3870. The summed E-state index contributed by atoms with van der Waals surface area (Å²) in [4.78, 5) is 2.36. The van der Waals surface area contributed by atoms with Crippen molar-refractivity contribution in [3.63, 3.8) is 0 Å². The second kappa shape index (κ2) is 13.6. The van der Waals surface area contributed by atoms with Gasteiger partial charge >= 0.3 is 0 Å². The van der Waals surface area contributed by atoms with Crippen molar-refractivity contribution in [1.82, 2.24) is 0 Å². The fraction of sp³-hybridized carbons (Fsp3) is 0. The lowest BCUT2D eigenvalue weighted by Gasteiger charge is -2.28. The topological polar surface area (TPSA) is 42.7 Å². The molecular formula is C58H35NO3. The minimum atomic E-state index is 0.873. The lowest BCUT2D eigenvalue weighted by atomic mass is 9.98. The molecule has 0 saturated carbocycles. The van der Waals surface area contributed by atoms with E-state index in [-0.39, 0.29) is 0 Å². The lowest BCUT2D eigenvalue weighted by molar-refractivity contribution is 0.669. The van der Waals surface area contributed by atoms with Crippen LogP contribution in [-0.4, -0.2) is 0 Å². The molecule has 0 spiro atoms. The van der Waals surface area contributed by atoms with Crippen LogP contribution in [0, 0.1) is 0 Å². The van der Waals surface area contributed by atoms with Crippen LogP contribution >= 0.6 is 0 Å². The van der Waals surface area contributed by atoms with E-state index < -0.39 is 0 Å². The fourth-order valence-corrected chi connectivity index (χ4v) is 9.54. The maximum Gasteiger partial charge on any atom is 0.143 e. The summed E-state index contributed by atoms with van der Waals surface area (Å²) in [5, 5.41) is 8.96. The van der Waals surface area contributed by atoms with Gasteiger partial charge in [-0.25, -0.2) is 0 Å². The van der Waals surface area contributed by atoms with Gasteiger partial charge < -0.3 is 18.2 Å². The van der Waals surface area contributed by atoms with Crippen molar-refractivity contribution < 1.29 is 13.3 Å². The first-order chi connectivity index (χ1) is 30.7. The Morgan fingerprint density at radius 1 is 0.274 bits per heavy atom. The molecule has 62 heavy (non-hydrogen) atoms. The number of rotatable bonds is 6. The van der Waals surface area contributed by atoms with Gasteiger partial charge in [0.2, 0.25) is 0 Å². The molecule has 3 heterocycles.